The van der Waals surface area contributed by atoms with E-state index in [2.05, 4.69) is 83.1 Å². The third kappa shape index (κ3) is 10.2. The van der Waals surface area contributed by atoms with Gasteiger partial charge in [0.1, 0.15) is 24.7 Å². The highest BCUT2D eigenvalue weighted by atomic mass is 32.2. The molecule has 0 aromatic heterocycles. The van der Waals surface area contributed by atoms with Crippen LogP contribution in [0.15, 0.2) is 24.3 Å². The van der Waals surface area contributed by atoms with Gasteiger partial charge in [-0.3, -0.25) is 9.59 Å². The van der Waals surface area contributed by atoms with Crippen molar-refractivity contribution in [1.82, 2.24) is 0 Å². The van der Waals surface area contributed by atoms with Crippen molar-refractivity contribution in [3.8, 4) is 11.5 Å². The summed E-state index contributed by atoms with van der Waals surface area (Å²) in [6, 6.07) is 7.69. The Morgan fingerprint density at radius 3 is 1.04 bits per heavy atom. The molecule has 2 rings (SSSR count). The highest BCUT2D eigenvalue weighted by Crippen LogP contribution is 2.42. The smallest absolute Gasteiger partial charge is 0.313 e. The van der Waals surface area contributed by atoms with Crippen molar-refractivity contribution < 1.29 is 29.3 Å². The Hall–Kier alpha value is -2.67. The minimum absolute atomic E-state index is 0.257. The minimum Gasteiger partial charge on any atom is -0.507 e. The van der Waals surface area contributed by atoms with Crippen LogP contribution in [-0.2, 0) is 40.7 Å². The van der Waals surface area contributed by atoms with Crippen molar-refractivity contribution in [2.45, 2.75) is 130 Å². The fourth-order valence-corrected chi connectivity index (χ4v) is 5.73. The number of rotatable bonds is 10. The van der Waals surface area contributed by atoms with Gasteiger partial charge in [0.25, 0.3) is 0 Å². The summed E-state index contributed by atoms with van der Waals surface area (Å²) < 4.78 is 11.2. The molecule has 7 heteroatoms. The number of hydrogen-bond acceptors (Lipinski definition) is 7. The molecule has 2 N–H and O–H groups in total. The second kappa shape index (κ2) is 14.4. The number of phenols is 2. The van der Waals surface area contributed by atoms with Crippen LogP contribution < -0.4 is 0 Å². The molecule has 0 heterocycles. The molecule has 2 aromatic carbocycles. The molecule has 0 radical (unpaired) electrons. The number of carbonyl (C=O) groups is 2. The molecule has 0 aliphatic carbocycles. The highest BCUT2D eigenvalue weighted by Gasteiger charge is 2.30. The van der Waals surface area contributed by atoms with Gasteiger partial charge >= 0.3 is 11.9 Å². The maximum atomic E-state index is 13.0. The summed E-state index contributed by atoms with van der Waals surface area (Å²) in [6.07, 6.45) is 0. The maximum absolute atomic E-state index is 13.0. The van der Waals surface area contributed by atoms with Gasteiger partial charge in [-0.1, -0.05) is 107 Å². The van der Waals surface area contributed by atoms with Crippen molar-refractivity contribution in [2.24, 2.45) is 0 Å². The number of carbonyl (C=O) groups excluding carboxylic acids is 2. The van der Waals surface area contributed by atoms with Gasteiger partial charge in [-0.05, 0) is 68.9 Å². The summed E-state index contributed by atoms with van der Waals surface area (Å²) >= 11 is 1.56. The van der Waals surface area contributed by atoms with Crippen molar-refractivity contribution in [2.75, 3.05) is 24.7 Å². The molecule has 0 aliphatic heterocycles. The Morgan fingerprint density at radius 2 is 0.822 bits per heavy atom. The Labute approximate surface area is 276 Å². The molecule has 0 amide bonds. The highest BCUT2D eigenvalue weighted by molar-refractivity contribution is 7.99. The molecule has 252 valence electrons. The number of benzene rings is 2. The zero-order chi connectivity index (χ0) is 34.7. The van der Waals surface area contributed by atoms with Crippen LogP contribution in [0.1, 0.15) is 142 Å². The zero-order valence-electron chi connectivity index (χ0n) is 30.2. The van der Waals surface area contributed by atoms with Crippen LogP contribution >= 0.6 is 11.8 Å². The SMILES string of the molecule is CC(C(=O)OCCSCCOC(=O)C(C)c1cc(C(C)(C)C)c(O)c(C(C)(C)C)c1)c1cc(C(C)(C)C)c(O)c(C(C)(C)C)c1. The van der Waals surface area contributed by atoms with Crippen molar-refractivity contribution in [1.29, 1.82) is 0 Å². The predicted molar refractivity (Wildman–Crippen MR) is 187 cm³/mol. The second-order valence-electron chi connectivity index (χ2n) is 16.3. The average Bonchev–Trinajstić information content (AvgIpc) is 2.89. The maximum Gasteiger partial charge on any atom is 0.313 e. The first-order valence-electron chi connectivity index (χ1n) is 16.0. The standard InChI is InChI=1S/C38H58O6S/c1-23(25-19-27(35(3,4)5)31(39)28(20-25)36(6,7)8)33(41)43-15-17-45-18-16-44-34(42)24(2)26-21-29(37(9,10)11)32(40)30(22-26)38(12,13)14/h19-24,39-40H,15-18H2,1-14H3. The van der Waals surface area contributed by atoms with Gasteiger partial charge in [0.2, 0.25) is 0 Å². The molecule has 0 aliphatic rings. The Kier molecular flexibility index (Phi) is 12.3. The molecule has 2 aromatic rings. The lowest BCUT2D eigenvalue weighted by Crippen LogP contribution is -2.21. The van der Waals surface area contributed by atoms with E-state index < -0.39 is 11.8 Å². The number of aromatic hydroxyl groups is 2. The first-order valence-corrected chi connectivity index (χ1v) is 17.2. The lowest BCUT2D eigenvalue weighted by atomic mass is 9.77. The third-order valence-corrected chi connectivity index (χ3v) is 9.06. The van der Waals surface area contributed by atoms with Crippen LogP contribution in [0.25, 0.3) is 0 Å². The number of ether oxygens (including phenoxy) is 2. The second-order valence-corrected chi connectivity index (χ2v) is 17.5. The van der Waals surface area contributed by atoms with E-state index in [0.29, 0.717) is 11.5 Å². The molecule has 0 bridgehead atoms. The molecule has 45 heavy (non-hydrogen) atoms. The van der Waals surface area contributed by atoms with Crippen LogP contribution in [-0.4, -0.2) is 46.9 Å². The van der Waals surface area contributed by atoms with E-state index in [1.807, 2.05) is 38.1 Å². The summed E-state index contributed by atoms with van der Waals surface area (Å²) in [7, 11) is 0. The van der Waals surface area contributed by atoms with Gasteiger partial charge in [0.05, 0.1) is 11.8 Å². The fourth-order valence-electron chi connectivity index (χ4n) is 5.13. The molecule has 6 nitrogen and oxygen atoms in total. The number of phenolic OH excluding ortho intramolecular Hbond substituents is 2. The van der Waals surface area contributed by atoms with E-state index in [0.717, 1.165) is 33.4 Å². The normalized spacial score (nSPS) is 14.2. The van der Waals surface area contributed by atoms with Gasteiger partial charge in [-0.2, -0.15) is 11.8 Å². The summed E-state index contributed by atoms with van der Waals surface area (Å²) in [4.78, 5) is 25.9. The predicted octanol–water partition coefficient (Wildman–Crippen LogP) is 9.01. The van der Waals surface area contributed by atoms with Crippen LogP contribution in [0.2, 0.25) is 0 Å². The molecule has 2 unspecified atom stereocenters. The topological polar surface area (TPSA) is 93.1 Å². The third-order valence-electron chi connectivity index (χ3n) is 8.15. The van der Waals surface area contributed by atoms with E-state index in [1.54, 1.807) is 11.8 Å². The van der Waals surface area contributed by atoms with Crippen molar-refractivity contribution in [3.05, 3.63) is 57.6 Å². The lowest BCUT2D eigenvalue weighted by Gasteiger charge is -2.29. The number of thioether (sulfide) groups is 1. The van der Waals surface area contributed by atoms with Crippen LogP contribution in [0, 0.1) is 0 Å². The minimum atomic E-state index is -0.474. The molecular formula is C38H58O6S. The van der Waals surface area contributed by atoms with E-state index in [4.69, 9.17) is 9.47 Å². The van der Waals surface area contributed by atoms with Gasteiger partial charge in [0.15, 0.2) is 0 Å². The largest absolute Gasteiger partial charge is 0.507 e. The summed E-state index contributed by atoms with van der Waals surface area (Å²) in [5, 5.41) is 22.0. The van der Waals surface area contributed by atoms with Gasteiger partial charge in [-0.15, -0.1) is 0 Å². The van der Waals surface area contributed by atoms with Gasteiger partial charge in [0, 0.05) is 11.5 Å². The van der Waals surface area contributed by atoms with Crippen LogP contribution in [0.3, 0.4) is 0 Å². The quantitative estimate of drug-likeness (QED) is 0.197. The van der Waals surface area contributed by atoms with Crippen LogP contribution in [0.4, 0.5) is 0 Å². The molecule has 0 fully saturated rings. The summed E-state index contributed by atoms with van der Waals surface area (Å²) in [5.41, 5.74) is 3.81. The zero-order valence-corrected chi connectivity index (χ0v) is 31.0. The fraction of sp³-hybridized carbons (Fsp3) is 0.632. The molecule has 2 atom stereocenters. The Morgan fingerprint density at radius 1 is 0.578 bits per heavy atom. The summed E-state index contributed by atoms with van der Waals surface area (Å²) in [5.74, 6) is 0.193. The van der Waals surface area contributed by atoms with Crippen LogP contribution in [0.5, 0.6) is 11.5 Å². The van der Waals surface area contributed by atoms with Gasteiger partial charge < -0.3 is 19.7 Å². The Balaban J connectivity index is 1.93. The molecule has 0 saturated heterocycles. The van der Waals surface area contributed by atoms with Crippen molar-refractivity contribution >= 4 is 23.7 Å². The average molecular weight is 643 g/mol. The first kappa shape index (κ1) is 38.5. The van der Waals surface area contributed by atoms with Crippen molar-refractivity contribution in [3.63, 3.8) is 0 Å². The number of hydrogen-bond donors (Lipinski definition) is 2. The van der Waals surface area contributed by atoms with Gasteiger partial charge in [-0.25, -0.2) is 0 Å². The monoisotopic (exact) mass is 642 g/mol. The molecule has 0 saturated carbocycles. The van der Waals surface area contributed by atoms with E-state index in [-0.39, 0.29) is 58.3 Å². The number of esters is 2. The van der Waals surface area contributed by atoms with E-state index >= 15 is 0 Å². The van der Waals surface area contributed by atoms with E-state index in [1.165, 1.54) is 0 Å². The lowest BCUT2D eigenvalue weighted by molar-refractivity contribution is -0.145. The Bertz CT molecular complexity index is 1170. The summed E-state index contributed by atoms with van der Waals surface area (Å²) in [6.45, 7) is 28.8. The first-order chi connectivity index (χ1) is 20.4. The van der Waals surface area contributed by atoms with E-state index in [9.17, 15) is 19.8 Å². The molecule has 0 spiro atoms. The molecular weight excluding hydrogens is 584 g/mol.